The molecule has 4 aromatic rings. The summed E-state index contributed by atoms with van der Waals surface area (Å²) >= 11 is 7.23. The molecule has 14 nitrogen and oxygen atoms in total. The van der Waals surface area contributed by atoms with Crippen LogP contribution in [0, 0.1) is 11.7 Å². The Balaban J connectivity index is 1.01. The number of carbonyl (C=O) groups is 2. The van der Waals surface area contributed by atoms with Crippen molar-refractivity contribution in [3.8, 4) is 23.1 Å². The zero-order chi connectivity index (χ0) is 45.8. The summed E-state index contributed by atoms with van der Waals surface area (Å²) in [6.45, 7) is 14.9. The van der Waals surface area contributed by atoms with Crippen molar-refractivity contribution >= 4 is 45.4 Å². The summed E-state index contributed by atoms with van der Waals surface area (Å²) in [6, 6.07) is 1.77. The maximum absolute atomic E-state index is 17.6. The number of piperidine rings is 1. The first-order valence-electron chi connectivity index (χ1n) is 23.6. The predicted octanol–water partition coefficient (Wildman–Crippen LogP) is 9.24. The second kappa shape index (κ2) is 18.0. The van der Waals surface area contributed by atoms with Crippen LogP contribution in [0.5, 0.6) is 11.9 Å². The third-order valence-corrected chi connectivity index (χ3v) is 14.1. The highest BCUT2D eigenvalue weighted by molar-refractivity contribution is 6.33. The zero-order valence-electron chi connectivity index (χ0n) is 38.6. The minimum absolute atomic E-state index is 0.0284. The van der Waals surface area contributed by atoms with Crippen molar-refractivity contribution in [1.29, 1.82) is 0 Å². The number of rotatable bonds is 11. The SMILES string of the molecule is CC(C)(C)OC(=O)N1CC[C@@H]2CCN(C(=O)CCCCc3c(Cl)cc4c(cnn4C4CCCCO4)c3-c3ncc4c(OC(C)(C)C)nc(OC[C@@]56CCCN5C[C@H](F)C6)nc4c3F)[C@@H]2C1. The molecule has 3 aromatic heterocycles. The summed E-state index contributed by atoms with van der Waals surface area (Å²) in [5, 5.41) is 6.14. The molecule has 2 amide bonds. The average Bonchev–Trinajstić information content (AvgIpc) is 4.03. The lowest BCUT2D eigenvalue weighted by Crippen LogP contribution is -2.52. The highest BCUT2D eigenvalue weighted by atomic mass is 35.5. The number of hydrogen-bond acceptors (Lipinski definition) is 11. The molecule has 5 saturated heterocycles. The van der Waals surface area contributed by atoms with Crippen LogP contribution in [0.15, 0.2) is 18.5 Å². The predicted molar refractivity (Wildman–Crippen MR) is 242 cm³/mol. The summed E-state index contributed by atoms with van der Waals surface area (Å²) in [7, 11) is 0. The zero-order valence-corrected chi connectivity index (χ0v) is 39.4. The van der Waals surface area contributed by atoms with Gasteiger partial charge in [-0.2, -0.15) is 15.1 Å². The Morgan fingerprint density at radius 2 is 1.78 bits per heavy atom. The van der Waals surface area contributed by atoms with Gasteiger partial charge in [0.2, 0.25) is 11.8 Å². The van der Waals surface area contributed by atoms with Gasteiger partial charge in [-0.1, -0.05) is 11.6 Å². The van der Waals surface area contributed by atoms with Crippen molar-refractivity contribution in [1.82, 2.24) is 39.4 Å². The Labute approximate surface area is 384 Å². The molecule has 5 aliphatic rings. The standard InChI is InChI=1S/C48H63ClF2N8O6/c1-46(2,3)64-43-33-24-52-42(40(51)41(33)54-44(55-43)63-28-48-17-11-18-57(48)26-30(50)23-48)39-31(34(49)22-35-32(39)25-53-59(35)38-14-9-10-21-62-38)12-7-8-13-37(60)58-20-16-29-15-19-56(27-36(29)58)45(61)65-47(4,5)6/h22,24-25,29-30,36,38H,7-21,23,26-28H2,1-6H3/t29-,30-,36-,38?,48+/m1/s1. The second-order valence-corrected chi connectivity index (χ2v) is 21.2. The van der Waals surface area contributed by atoms with E-state index in [1.165, 1.54) is 6.20 Å². The van der Waals surface area contributed by atoms with Gasteiger partial charge in [0.15, 0.2) is 12.0 Å². The quantitative estimate of drug-likeness (QED) is 0.133. The van der Waals surface area contributed by atoms with Crippen molar-refractivity contribution in [3.63, 3.8) is 0 Å². The Morgan fingerprint density at radius 3 is 2.55 bits per heavy atom. The molecule has 1 aromatic carbocycles. The smallest absolute Gasteiger partial charge is 0.410 e. The van der Waals surface area contributed by atoms with Gasteiger partial charge in [-0.3, -0.25) is 14.7 Å². The number of ether oxygens (including phenoxy) is 4. The van der Waals surface area contributed by atoms with Crippen LogP contribution >= 0.6 is 11.6 Å². The Kier molecular flexibility index (Phi) is 12.7. The molecule has 352 valence electrons. The second-order valence-electron chi connectivity index (χ2n) is 20.8. The molecule has 0 radical (unpaired) electrons. The highest BCUT2D eigenvalue weighted by Gasteiger charge is 2.49. The van der Waals surface area contributed by atoms with E-state index >= 15 is 4.39 Å². The van der Waals surface area contributed by atoms with Gasteiger partial charge in [-0.15, -0.1) is 0 Å². The topological polar surface area (TPSA) is 137 Å². The van der Waals surface area contributed by atoms with Gasteiger partial charge in [-0.05, 0) is 130 Å². The lowest BCUT2D eigenvalue weighted by molar-refractivity contribution is -0.133. The van der Waals surface area contributed by atoms with Crippen LogP contribution in [0.3, 0.4) is 0 Å². The number of amides is 2. The molecule has 9 rings (SSSR count). The Bertz CT molecular complexity index is 2430. The largest absolute Gasteiger partial charge is 0.471 e. The summed E-state index contributed by atoms with van der Waals surface area (Å²) in [6.07, 6.45) is 10.2. The number of pyridine rings is 1. The van der Waals surface area contributed by atoms with Gasteiger partial charge in [0, 0.05) is 67.8 Å². The molecule has 1 unspecified atom stereocenters. The van der Waals surface area contributed by atoms with Crippen LogP contribution < -0.4 is 9.47 Å². The summed E-state index contributed by atoms with van der Waals surface area (Å²) in [5.74, 6) is -0.153. The minimum atomic E-state index is -0.936. The number of carbonyl (C=O) groups excluding carboxylic acids is 2. The summed E-state index contributed by atoms with van der Waals surface area (Å²) in [5.41, 5.74) is 0.124. The molecule has 0 N–H and O–H groups in total. The number of aromatic nitrogens is 5. The van der Waals surface area contributed by atoms with Gasteiger partial charge < -0.3 is 28.7 Å². The van der Waals surface area contributed by atoms with Crippen LogP contribution in [0.4, 0.5) is 13.6 Å². The molecule has 5 aliphatic heterocycles. The van der Waals surface area contributed by atoms with Crippen LogP contribution in [0.1, 0.15) is 124 Å². The molecule has 0 spiro atoms. The molecule has 65 heavy (non-hydrogen) atoms. The number of unbranched alkanes of at least 4 members (excludes halogenated alkanes) is 1. The number of hydrogen-bond donors (Lipinski definition) is 0. The van der Waals surface area contributed by atoms with Crippen molar-refractivity contribution in [2.75, 3.05) is 45.9 Å². The fraction of sp³-hybridized carbons (Fsp3) is 0.667. The normalized spacial score (nSPS) is 25.1. The van der Waals surface area contributed by atoms with E-state index in [0.29, 0.717) is 97.9 Å². The molecule has 5 fully saturated rings. The number of fused-ring (bicyclic) bond motifs is 4. The number of halogens is 3. The van der Waals surface area contributed by atoms with Gasteiger partial charge in [-0.25, -0.2) is 18.3 Å². The molecular formula is C48H63ClF2N8O6. The number of alkyl halides is 1. The Morgan fingerprint density at radius 1 is 0.969 bits per heavy atom. The van der Waals surface area contributed by atoms with E-state index < -0.39 is 28.7 Å². The molecule has 17 heteroatoms. The minimum Gasteiger partial charge on any atom is -0.471 e. The van der Waals surface area contributed by atoms with Crippen molar-refractivity contribution in [3.05, 3.63) is 34.9 Å². The van der Waals surface area contributed by atoms with E-state index in [4.69, 9.17) is 40.6 Å². The Hall–Kier alpha value is -4.41. The maximum Gasteiger partial charge on any atom is 0.410 e. The molecular weight excluding hydrogens is 858 g/mol. The average molecular weight is 922 g/mol. The van der Waals surface area contributed by atoms with Gasteiger partial charge in [0.1, 0.15) is 35.2 Å². The first-order chi connectivity index (χ1) is 31.0. The van der Waals surface area contributed by atoms with Gasteiger partial charge in [0.05, 0.1) is 28.7 Å². The van der Waals surface area contributed by atoms with E-state index in [1.54, 1.807) is 11.1 Å². The van der Waals surface area contributed by atoms with Gasteiger partial charge in [0.25, 0.3) is 0 Å². The molecule has 0 aliphatic carbocycles. The van der Waals surface area contributed by atoms with Crippen LogP contribution in [0.2, 0.25) is 5.02 Å². The van der Waals surface area contributed by atoms with E-state index in [1.807, 2.05) is 57.2 Å². The van der Waals surface area contributed by atoms with Gasteiger partial charge >= 0.3 is 12.1 Å². The number of nitrogens with zero attached hydrogens (tertiary/aromatic N) is 8. The third-order valence-electron chi connectivity index (χ3n) is 13.8. The van der Waals surface area contributed by atoms with E-state index in [9.17, 15) is 14.0 Å². The third kappa shape index (κ3) is 9.45. The molecule has 8 heterocycles. The van der Waals surface area contributed by atoms with Crippen molar-refractivity contribution < 1.29 is 37.3 Å². The van der Waals surface area contributed by atoms with Crippen LogP contribution in [0.25, 0.3) is 33.1 Å². The van der Waals surface area contributed by atoms with E-state index in [0.717, 1.165) is 51.5 Å². The van der Waals surface area contributed by atoms with Crippen molar-refractivity contribution in [2.24, 2.45) is 5.92 Å². The highest BCUT2D eigenvalue weighted by Crippen LogP contribution is 2.44. The number of likely N-dealkylation sites (tertiary alicyclic amines) is 2. The first-order valence-corrected chi connectivity index (χ1v) is 24.0. The lowest BCUT2D eigenvalue weighted by atomic mass is 9.92. The van der Waals surface area contributed by atoms with Crippen molar-refractivity contribution in [2.45, 2.75) is 154 Å². The fourth-order valence-corrected chi connectivity index (χ4v) is 11.1. The van der Waals surface area contributed by atoms with Crippen LogP contribution in [-0.4, -0.2) is 126 Å². The maximum atomic E-state index is 17.6. The van der Waals surface area contributed by atoms with E-state index in [-0.39, 0.29) is 59.4 Å². The fourth-order valence-electron chi connectivity index (χ4n) is 10.8. The summed E-state index contributed by atoms with van der Waals surface area (Å²) < 4.78 is 58.5. The number of benzene rings is 1. The molecule has 5 atom stereocenters. The molecule has 0 saturated carbocycles. The molecule has 0 bridgehead atoms. The lowest BCUT2D eigenvalue weighted by Gasteiger charge is -2.39. The summed E-state index contributed by atoms with van der Waals surface area (Å²) in [4.78, 5) is 46.7. The monoisotopic (exact) mass is 920 g/mol. The first kappa shape index (κ1) is 45.7. The van der Waals surface area contributed by atoms with E-state index in [2.05, 4.69) is 14.9 Å². The van der Waals surface area contributed by atoms with Crippen LogP contribution in [-0.2, 0) is 20.7 Å².